The van der Waals surface area contributed by atoms with E-state index in [1.165, 1.54) is 6.33 Å². The highest BCUT2D eigenvalue weighted by atomic mass is 16.5. The molecule has 0 radical (unpaired) electrons. The molecular formula is C18H26N4O4. The number of rotatable bonds is 7. The van der Waals surface area contributed by atoms with Crippen molar-refractivity contribution < 1.29 is 19.1 Å². The fourth-order valence-electron chi connectivity index (χ4n) is 3.67. The van der Waals surface area contributed by atoms with Crippen molar-refractivity contribution in [3.8, 4) is 0 Å². The van der Waals surface area contributed by atoms with Gasteiger partial charge in [-0.05, 0) is 31.2 Å². The molecule has 2 amide bonds. The van der Waals surface area contributed by atoms with Gasteiger partial charge >= 0.3 is 0 Å². The van der Waals surface area contributed by atoms with Crippen LogP contribution in [0.5, 0.6) is 0 Å². The molecule has 3 heterocycles. The number of carbonyl (C=O) groups excluding carboxylic acids is 2. The van der Waals surface area contributed by atoms with E-state index in [-0.39, 0.29) is 24.0 Å². The Morgan fingerprint density at radius 3 is 2.88 bits per heavy atom. The summed E-state index contributed by atoms with van der Waals surface area (Å²) in [6, 6.07) is 0.0811. The van der Waals surface area contributed by atoms with E-state index >= 15 is 0 Å². The smallest absolute Gasteiger partial charge is 0.249 e. The summed E-state index contributed by atoms with van der Waals surface area (Å²) in [5.74, 6) is 0.0438. The Hall–Kier alpha value is -2.06. The first-order chi connectivity index (χ1) is 12.7. The number of hydrogen-bond donors (Lipinski definition) is 1. The van der Waals surface area contributed by atoms with Crippen molar-refractivity contribution >= 4 is 11.8 Å². The third-order valence-electron chi connectivity index (χ3n) is 5.01. The molecule has 0 aromatic carbocycles. The molecular weight excluding hydrogens is 336 g/mol. The largest absolute Gasteiger partial charge is 0.383 e. The van der Waals surface area contributed by atoms with Crippen LogP contribution in [0, 0.1) is 0 Å². The minimum absolute atomic E-state index is 0.0501. The van der Waals surface area contributed by atoms with Gasteiger partial charge in [0.1, 0.15) is 12.4 Å². The summed E-state index contributed by atoms with van der Waals surface area (Å²) in [6.07, 6.45) is 7.79. The predicted octanol–water partition coefficient (Wildman–Crippen LogP) is 0.320. The molecule has 8 heteroatoms. The standard InChI is InChI=1S/C18H26N4O4/c1-25-9-7-21-18(24)16-4-3-14-15(26-16)6-8-22(14)17(23)5-2-13-10-19-12-20-11-13/h10-12,14-16H,2-9H2,1H3,(H,21,24)/t14-,15-,16-/m1/s1. The molecule has 2 aliphatic rings. The van der Waals surface area contributed by atoms with E-state index in [1.807, 2.05) is 4.90 Å². The number of nitrogens with zero attached hydrogens (tertiary/aromatic N) is 3. The second kappa shape index (κ2) is 9.05. The van der Waals surface area contributed by atoms with Crippen molar-refractivity contribution in [2.75, 3.05) is 26.8 Å². The Morgan fingerprint density at radius 2 is 2.12 bits per heavy atom. The van der Waals surface area contributed by atoms with Gasteiger partial charge in [-0.3, -0.25) is 9.59 Å². The molecule has 8 nitrogen and oxygen atoms in total. The van der Waals surface area contributed by atoms with E-state index in [9.17, 15) is 9.59 Å². The Morgan fingerprint density at radius 1 is 1.31 bits per heavy atom. The Kier molecular flexibility index (Phi) is 6.51. The van der Waals surface area contributed by atoms with E-state index in [2.05, 4.69) is 15.3 Å². The number of methoxy groups -OCH3 is 1. The summed E-state index contributed by atoms with van der Waals surface area (Å²) in [5, 5.41) is 2.82. The lowest BCUT2D eigenvalue weighted by Crippen LogP contribution is -2.49. The van der Waals surface area contributed by atoms with Crippen molar-refractivity contribution in [3.05, 3.63) is 24.3 Å². The fraction of sp³-hybridized carbons (Fsp3) is 0.667. The summed E-state index contributed by atoms with van der Waals surface area (Å²) >= 11 is 0. The first kappa shape index (κ1) is 18.7. The van der Waals surface area contributed by atoms with E-state index in [1.54, 1.807) is 19.5 Å². The topological polar surface area (TPSA) is 93.7 Å². The van der Waals surface area contributed by atoms with Crippen LogP contribution in [-0.4, -0.2) is 71.7 Å². The number of nitrogens with one attached hydrogen (secondary N) is 1. The Balaban J connectivity index is 1.47. The van der Waals surface area contributed by atoms with Gasteiger partial charge in [0.2, 0.25) is 11.8 Å². The van der Waals surface area contributed by atoms with Gasteiger partial charge in [0.15, 0.2) is 0 Å². The molecule has 1 aromatic rings. The van der Waals surface area contributed by atoms with Gasteiger partial charge in [0, 0.05) is 39.0 Å². The van der Waals surface area contributed by atoms with E-state index < -0.39 is 6.10 Å². The number of ether oxygens (including phenoxy) is 2. The monoisotopic (exact) mass is 362 g/mol. The molecule has 26 heavy (non-hydrogen) atoms. The molecule has 1 N–H and O–H groups in total. The fourth-order valence-corrected chi connectivity index (χ4v) is 3.67. The molecule has 2 aliphatic heterocycles. The van der Waals surface area contributed by atoms with Crippen LogP contribution >= 0.6 is 0 Å². The number of carbonyl (C=O) groups is 2. The van der Waals surface area contributed by atoms with Gasteiger partial charge in [0.25, 0.3) is 0 Å². The maximum Gasteiger partial charge on any atom is 0.249 e. The van der Waals surface area contributed by atoms with E-state index in [0.717, 1.165) is 18.4 Å². The summed E-state index contributed by atoms with van der Waals surface area (Å²) in [5.41, 5.74) is 0.962. The van der Waals surface area contributed by atoms with Gasteiger partial charge < -0.3 is 19.7 Å². The van der Waals surface area contributed by atoms with Crippen LogP contribution in [0.25, 0.3) is 0 Å². The average molecular weight is 362 g/mol. The van der Waals surface area contributed by atoms with Crippen molar-refractivity contribution in [2.24, 2.45) is 0 Å². The van der Waals surface area contributed by atoms with E-state index in [4.69, 9.17) is 9.47 Å². The second-order valence-corrected chi connectivity index (χ2v) is 6.71. The minimum atomic E-state index is -0.426. The minimum Gasteiger partial charge on any atom is -0.383 e. The summed E-state index contributed by atoms with van der Waals surface area (Å²) < 4.78 is 10.9. The summed E-state index contributed by atoms with van der Waals surface area (Å²) in [6.45, 7) is 1.66. The van der Waals surface area contributed by atoms with Crippen LogP contribution in [0.4, 0.5) is 0 Å². The van der Waals surface area contributed by atoms with E-state index in [0.29, 0.717) is 39.0 Å². The molecule has 142 valence electrons. The highest BCUT2D eigenvalue weighted by molar-refractivity contribution is 5.81. The molecule has 1 aromatic heterocycles. The maximum atomic E-state index is 12.6. The van der Waals surface area contributed by atoms with Crippen molar-refractivity contribution in [1.82, 2.24) is 20.2 Å². The third kappa shape index (κ3) is 4.56. The number of amides is 2. The van der Waals surface area contributed by atoms with Gasteiger partial charge in [-0.2, -0.15) is 0 Å². The van der Waals surface area contributed by atoms with Gasteiger partial charge in [-0.25, -0.2) is 9.97 Å². The number of fused-ring (bicyclic) bond motifs is 1. The van der Waals surface area contributed by atoms with Crippen LogP contribution in [-0.2, 0) is 25.5 Å². The molecule has 0 spiro atoms. The number of hydrogen-bond acceptors (Lipinski definition) is 6. The molecule has 3 rings (SSSR count). The number of likely N-dealkylation sites (tertiary alicyclic amines) is 1. The first-order valence-corrected chi connectivity index (χ1v) is 9.14. The molecule has 2 fully saturated rings. The average Bonchev–Trinajstić information content (AvgIpc) is 3.10. The lowest BCUT2D eigenvalue weighted by molar-refractivity contribution is -0.147. The van der Waals surface area contributed by atoms with Crippen molar-refractivity contribution in [3.63, 3.8) is 0 Å². The van der Waals surface area contributed by atoms with Gasteiger partial charge in [0.05, 0.1) is 18.8 Å². The van der Waals surface area contributed by atoms with Crippen molar-refractivity contribution in [2.45, 2.75) is 50.4 Å². The maximum absolute atomic E-state index is 12.6. The Labute approximate surface area is 153 Å². The zero-order valence-electron chi connectivity index (χ0n) is 15.1. The lowest BCUT2D eigenvalue weighted by atomic mass is 9.98. The normalized spacial score (nSPS) is 25.0. The van der Waals surface area contributed by atoms with Crippen LogP contribution in [0.2, 0.25) is 0 Å². The van der Waals surface area contributed by atoms with Crippen molar-refractivity contribution in [1.29, 1.82) is 0 Å². The zero-order chi connectivity index (χ0) is 18.4. The second-order valence-electron chi connectivity index (χ2n) is 6.71. The molecule has 2 saturated heterocycles. The summed E-state index contributed by atoms with van der Waals surface area (Å²) in [4.78, 5) is 34.6. The van der Waals surface area contributed by atoms with Crippen LogP contribution in [0.3, 0.4) is 0 Å². The Bertz CT molecular complexity index is 612. The molecule has 0 saturated carbocycles. The zero-order valence-corrected chi connectivity index (χ0v) is 15.1. The molecule has 3 atom stereocenters. The number of aryl methyl sites for hydroxylation is 1. The molecule has 0 bridgehead atoms. The molecule has 0 unspecified atom stereocenters. The first-order valence-electron chi connectivity index (χ1n) is 9.14. The lowest BCUT2D eigenvalue weighted by Gasteiger charge is -2.35. The summed E-state index contributed by atoms with van der Waals surface area (Å²) in [7, 11) is 1.60. The van der Waals surface area contributed by atoms with Crippen LogP contribution < -0.4 is 5.32 Å². The van der Waals surface area contributed by atoms with Gasteiger partial charge in [-0.15, -0.1) is 0 Å². The highest BCUT2D eigenvalue weighted by Gasteiger charge is 2.43. The number of aromatic nitrogens is 2. The third-order valence-corrected chi connectivity index (χ3v) is 5.01. The quantitative estimate of drug-likeness (QED) is 0.702. The SMILES string of the molecule is COCCNC(=O)[C@H]1CC[C@@H]2[C@@H](CCN2C(=O)CCc2cncnc2)O1. The van der Waals surface area contributed by atoms with Crippen LogP contribution in [0.15, 0.2) is 18.7 Å². The molecule has 0 aliphatic carbocycles. The van der Waals surface area contributed by atoms with Gasteiger partial charge in [-0.1, -0.05) is 0 Å². The van der Waals surface area contributed by atoms with Crippen LogP contribution in [0.1, 0.15) is 31.2 Å². The predicted molar refractivity (Wildman–Crippen MR) is 93.3 cm³/mol. The highest BCUT2D eigenvalue weighted by Crippen LogP contribution is 2.32.